The summed E-state index contributed by atoms with van der Waals surface area (Å²) in [4.78, 5) is 26.4. The van der Waals surface area contributed by atoms with Crippen LogP contribution in [0.3, 0.4) is 0 Å². The zero-order valence-corrected chi connectivity index (χ0v) is 10.7. The highest BCUT2D eigenvalue weighted by molar-refractivity contribution is 5.97. The molecule has 0 saturated heterocycles. The summed E-state index contributed by atoms with van der Waals surface area (Å²) in [5.41, 5.74) is 1.69. The number of carbonyl (C=O) groups is 2. The van der Waals surface area contributed by atoms with Gasteiger partial charge in [-0.2, -0.15) is 0 Å². The minimum absolute atomic E-state index is 0.0485. The molecule has 0 saturated carbocycles. The lowest BCUT2D eigenvalue weighted by Gasteiger charge is -2.14. The summed E-state index contributed by atoms with van der Waals surface area (Å²) in [6, 6.07) is 7.25. The fourth-order valence-corrected chi connectivity index (χ4v) is 1.83. The molecule has 2 N–H and O–H groups in total. The molecule has 0 fully saturated rings. The monoisotopic (exact) mass is 259 g/mol. The number of rotatable bonds is 4. The van der Waals surface area contributed by atoms with Gasteiger partial charge in [0.2, 0.25) is 5.91 Å². The number of aliphatic imine (C=N–C) groups is 1. The summed E-state index contributed by atoms with van der Waals surface area (Å²) in [7, 11) is 0. The number of nitrogens with zero attached hydrogens (tertiary/aromatic N) is 1. The SMILES string of the molecule is O=Cc1ccc(CCC(=O)NC2=NCCCN2)cc1. The molecule has 100 valence electrons. The van der Waals surface area contributed by atoms with Crippen LogP contribution in [0.5, 0.6) is 0 Å². The molecule has 1 amide bonds. The number of benzene rings is 1. The van der Waals surface area contributed by atoms with E-state index in [1.165, 1.54) is 0 Å². The topological polar surface area (TPSA) is 70.6 Å². The van der Waals surface area contributed by atoms with Crippen molar-refractivity contribution in [3.8, 4) is 0 Å². The normalized spacial score (nSPS) is 14.2. The van der Waals surface area contributed by atoms with E-state index in [2.05, 4.69) is 15.6 Å². The molecule has 0 unspecified atom stereocenters. The molecule has 1 aliphatic heterocycles. The smallest absolute Gasteiger partial charge is 0.226 e. The average molecular weight is 259 g/mol. The Morgan fingerprint density at radius 1 is 1.37 bits per heavy atom. The number of aldehydes is 1. The number of nitrogens with one attached hydrogen (secondary N) is 2. The number of amides is 1. The first-order valence-corrected chi connectivity index (χ1v) is 6.40. The average Bonchev–Trinajstić information content (AvgIpc) is 2.47. The Morgan fingerprint density at radius 3 is 2.79 bits per heavy atom. The Labute approximate surface area is 112 Å². The van der Waals surface area contributed by atoms with Crippen molar-refractivity contribution >= 4 is 18.2 Å². The fraction of sp³-hybridized carbons (Fsp3) is 0.357. The van der Waals surface area contributed by atoms with E-state index in [4.69, 9.17) is 0 Å². The molecule has 2 rings (SSSR count). The van der Waals surface area contributed by atoms with E-state index in [1.807, 2.05) is 12.1 Å². The lowest BCUT2D eigenvalue weighted by molar-refractivity contribution is -0.119. The summed E-state index contributed by atoms with van der Waals surface area (Å²) in [6.45, 7) is 1.61. The van der Waals surface area contributed by atoms with E-state index in [0.717, 1.165) is 31.4 Å². The molecule has 0 atom stereocenters. The van der Waals surface area contributed by atoms with Gasteiger partial charge in [-0.1, -0.05) is 24.3 Å². The quantitative estimate of drug-likeness (QED) is 0.789. The maximum absolute atomic E-state index is 11.7. The summed E-state index contributed by atoms with van der Waals surface area (Å²) in [6.07, 6.45) is 2.87. The zero-order valence-electron chi connectivity index (χ0n) is 10.7. The predicted molar refractivity (Wildman–Crippen MR) is 73.2 cm³/mol. The van der Waals surface area contributed by atoms with Crippen LogP contribution in [0, 0.1) is 0 Å². The lowest BCUT2D eigenvalue weighted by Crippen LogP contribution is -2.43. The number of guanidine groups is 1. The van der Waals surface area contributed by atoms with Gasteiger partial charge in [0, 0.05) is 25.1 Å². The minimum Gasteiger partial charge on any atom is -0.356 e. The number of hydrogen-bond acceptors (Lipinski definition) is 4. The molecule has 0 aliphatic carbocycles. The van der Waals surface area contributed by atoms with Crippen LogP contribution >= 0.6 is 0 Å². The molecule has 5 heteroatoms. The second kappa shape index (κ2) is 6.68. The molecular formula is C14H17N3O2. The van der Waals surface area contributed by atoms with E-state index >= 15 is 0 Å². The highest BCUT2D eigenvalue weighted by atomic mass is 16.1. The number of aryl methyl sites for hydroxylation is 1. The molecule has 0 bridgehead atoms. The van der Waals surface area contributed by atoms with Gasteiger partial charge in [0.05, 0.1) is 0 Å². The Kier molecular flexibility index (Phi) is 4.66. The fourth-order valence-electron chi connectivity index (χ4n) is 1.83. The van der Waals surface area contributed by atoms with Gasteiger partial charge in [0.1, 0.15) is 6.29 Å². The van der Waals surface area contributed by atoms with Gasteiger partial charge in [0.15, 0.2) is 5.96 Å². The van der Waals surface area contributed by atoms with Crippen molar-refractivity contribution in [3.05, 3.63) is 35.4 Å². The molecule has 1 aromatic carbocycles. The van der Waals surface area contributed by atoms with Crippen molar-refractivity contribution in [2.24, 2.45) is 4.99 Å². The molecule has 0 spiro atoms. The summed E-state index contributed by atoms with van der Waals surface area (Å²) in [5.74, 6) is 0.528. The number of hydrogen-bond donors (Lipinski definition) is 2. The van der Waals surface area contributed by atoms with Crippen molar-refractivity contribution in [1.29, 1.82) is 0 Å². The van der Waals surface area contributed by atoms with E-state index in [9.17, 15) is 9.59 Å². The highest BCUT2D eigenvalue weighted by Crippen LogP contribution is 2.05. The Hall–Kier alpha value is -2.17. The molecule has 5 nitrogen and oxygen atoms in total. The first-order chi connectivity index (χ1) is 9.28. The summed E-state index contributed by atoms with van der Waals surface area (Å²) in [5, 5.41) is 5.80. The largest absolute Gasteiger partial charge is 0.356 e. The third-order valence-electron chi connectivity index (χ3n) is 2.91. The van der Waals surface area contributed by atoms with Crippen LogP contribution in [-0.2, 0) is 11.2 Å². The van der Waals surface area contributed by atoms with Gasteiger partial charge in [0.25, 0.3) is 0 Å². The lowest BCUT2D eigenvalue weighted by atomic mass is 10.1. The van der Waals surface area contributed by atoms with Crippen molar-refractivity contribution in [2.45, 2.75) is 19.3 Å². The van der Waals surface area contributed by atoms with Gasteiger partial charge in [-0.15, -0.1) is 0 Å². The molecule has 0 aromatic heterocycles. The maximum Gasteiger partial charge on any atom is 0.226 e. The maximum atomic E-state index is 11.7. The van der Waals surface area contributed by atoms with Crippen molar-refractivity contribution in [2.75, 3.05) is 13.1 Å². The Balaban J connectivity index is 1.79. The first-order valence-electron chi connectivity index (χ1n) is 6.40. The molecule has 1 aliphatic rings. The molecule has 0 radical (unpaired) electrons. The zero-order chi connectivity index (χ0) is 13.5. The molecule has 1 aromatic rings. The number of carbonyl (C=O) groups excluding carboxylic acids is 2. The third-order valence-corrected chi connectivity index (χ3v) is 2.91. The summed E-state index contributed by atoms with van der Waals surface area (Å²) >= 11 is 0. The van der Waals surface area contributed by atoms with Crippen LogP contribution in [0.1, 0.15) is 28.8 Å². The van der Waals surface area contributed by atoms with Crippen LogP contribution < -0.4 is 10.6 Å². The molecule has 1 heterocycles. The van der Waals surface area contributed by atoms with Gasteiger partial charge in [-0.25, -0.2) is 0 Å². The van der Waals surface area contributed by atoms with Crippen molar-refractivity contribution in [3.63, 3.8) is 0 Å². The highest BCUT2D eigenvalue weighted by Gasteiger charge is 2.08. The van der Waals surface area contributed by atoms with E-state index in [1.54, 1.807) is 12.1 Å². The molecule has 19 heavy (non-hydrogen) atoms. The van der Waals surface area contributed by atoms with Crippen LogP contribution in [0.25, 0.3) is 0 Å². The second-order valence-electron chi connectivity index (χ2n) is 4.42. The minimum atomic E-state index is -0.0485. The third kappa shape index (κ3) is 4.21. The van der Waals surface area contributed by atoms with Crippen LogP contribution in [0.15, 0.2) is 29.3 Å². The molecular weight excluding hydrogens is 242 g/mol. The van der Waals surface area contributed by atoms with E-state index in [-0.39, 0.29) is 5.91 Å². The van der Waals surface area contributed by atoms with Gasteiger partial charge in [-0.3, -0.25) is 19.9 Å². The van der Waals surface area contributed by atoms with Crippen LogP contribution in [0.4, 0.5) is 0 Å². The van der Waals surface area contributed by atoms with Gasteiger partial charge in [-0.05, 0) is 18.4 Å². The van der Waals surface area contributed by atoms with Crippen LogP contribution in [0.2, 0.25) is 0 Å². The van der Waals surface area contributed by atoms with E-state index < -0.39 is 0 Å². The van der Waals surface area contributed by atoms with Gasteiger partial charge >= 0.3 is 0 Å². The summed E-state index contributed by atoms with van der Waals surface area (Å²) < 4.78 is 0. The standard InChI is InChI=1S/C14H17N3O2/c18-10-12-4-2-11(3-5-12)6-7-13(19)17-14-15-8-1-9-16-14/h2-5,10H,1,6-9H2,(H2,15,16,17,19). The van der Waals surface area contributed by atoms with Crippen LogP contribution in [-0.4, -0.2) is 31.2 Å². The predicted octanol–water partition coefficient (Wildman–Crippen LogP) is 0.897. The van der Waals surface area contributed by atoms with Crippen molar-refractivity contribution in [1.82, 2.24) is 10.6 Å². The first kappa shape index (κ1) is 13.3. The Morgan fingerprint density at radius 2 is 2.16 bits per heavy atom. The Bertz CT molecular complexity index is 480. The second-order valence-corrected chi connectivity index (χ2v) is 4.42. The van der Waals surface area contributed by atoms with Gasteiger partial charge < -0.3 is 5.32 Å². The van der Waals surface area contributed by atoms with Crippen molar-refractivity contribution < 1.29 is 9.59 Å². The van der Waals surface area contributed by atoms with E-state index in [0.29, 0.717) is 24.4 Å².